The summed E-state index contributed by atoms with van der Waals surface area (Å²) in [7, 11) is 0. The molecular weight excluding hydrogens is 474 g/mol. The van der Waals surface area contributed by atoms with Crippen molar-refractivity contribution in [2.45, 2.75) is 6.54 Å². The van der Waals surface area contributed by atoms with Crippen LogP contribution in [0, 0.1) is 57.7 Å². The van der Waals surface area contributed by atoms with E-state index in [1.807, 2.05) is 0 Å². The van der Waals surface area contributed by atoms with Crippen LogP contribution in [0.5, 0.6) is 0 Å². The van der Waals surface area contributed by atoms with Crippen LogP contribution in [0.2, 0.25) is 0 Å². The van der Waals surface area contributed by atoms with Crippen LogP contribution in [0.4, 0.5) is 0 Å². The Bertz CT molecular complexity index is 1790. The van der Waals surface area contributed by atoms with Crippen molar-refractivity contribution >= 4 is 28.6 Å². The molecule has 182 valence electrons. The third-order valence-corrected chi connectivity index (χ3v) is 10.3. The number of carbonyl (C=O) groups excluding carboxylic acids is 2. The molecule has 0 aliphatic heterocycles. The van der Waals surface area contributed by atoms with Crippen LogP contribution in [0.1, 0.15) is 26.5 Å². The number of nitrogens with zero attached hydrogens (tertiary/aromatic N) is 4. The number of oxazole rings is 1. The lowest BCUT2D eigenvalue weighted by Crippen LogP contribution is -3.10. The lowest BCUT2D eigenvalue weighted by atomic mass is 8.92. The lowest BCUT2D eigenvalue weighted by Gasteiger charge is -3.10. The highest BCUT2D eigenvalue weighted by Gasteiger charge is 3.10. The van der Waals surface area contributed by atoms with E-state index in [2.05, 4.69) is 31.8 Å². The molecule has 0 bridgehead atoms. The van der Waals surface area contributed by atoms with Crippen molar-refractivity contribution in [1.29, 1.82) is 5.26 Å². The molecule has 10 rings (SSSR count). The molecule has 6 aliphatic carbocycles. The average Bonchev–Trinajstić information content (AvgIpc) is 3.54. The third kappa shape index (κ3) is 1.89. The number of hydrogen-bond acceptors (Lipinski definition) is 7. The Balaban J connectivity index is 0.929. The fourth-order valence-corrected chi connectivity index (χ4v) is 9.22. The fourth-order valence-electron chi connectivity index (χ4n) is 9.22. The van der Waals surface area contributed by atoms with Crippen molar-refractivity contribution < 1.29 is 14.0 Å². The Morgan fingerprint density at radius 3 is 2.62 bits per heavy atom. The Hall–Kier alpha value is -4.46. The van der Waals surface area contributed by atoms with Gasteiger partial charge in [-0.25, -0.2) is 14.3 Å². The summed E-state index contributed by atoms with van der Waals surface area (Å²) in [5.74, 6) is 2.27. The van der Waals surface area contributed by atoms with E-state index in [4.69, 9.17) is 4.42 Å². The molecule has 6 saturated carbocycles. The van der Waals surface area contributed by atoms with E-state index in [1.165, 1.54) is 10.6 Å². The number of nitriles is 1. The molecular formula is C26H19N7O4. The molecule has 6 fully saturated rings. The van der Waals surface area contributed by atoms with Crippen LogP contribution >= 0.6 is 0 Å². The molecule has 6 aliphatic rings. The van der Waals surface area contributed by atoms with Gasteiger partial charge in [0.15, 0.2) is 11.2 Å². The van der Waals surface area contributed by atoms with Gasteiger partial charge in [-0.2, -0.15) is 10.4 Å². The normalized spacial score (nSPS) is 36.3. The molecule has 0 spiro atoms. The van der Waals surface area contributed by atoms with Crippen molar-refractivity contribution in [2.75, 3.05) is 6.54 Å². The molecule has 4 aromatic rings. The number of fused-ring (bicyclic) bond motifs is 2. The van der Waals surface area contributed by atoms with Gasteiger partial charge in [0.2, 0.25) is 0 Å². The van der Waals surface area contributed by atoms with E-state index in [1.54, 1.807) is 30.5 Å². The summed E-state index contributed by atoms with van der Waals surface area (Å²) in [6.45, 7) is 0.818. The lowest BCUT2D eigenvalue weighted by molar-refractivity contribution is -0.639. The summed E-state index contributed by atoms with van der Waals surface area (Å²) in [4.78, 5) is 44.6. The number of aromatic amines is 1. The first-order valence-corrected chi connectivity index (χ1v) is 12.4. The predicted octanol–water partition coefficient (Wildman–Crippen LogP) is 1.09. The standard InChI is InChI=1S/C26H19N7O4/c27-8-25-16-19-17(25)21-18(25)20(16)26(19,21)9-29-23(35)13-6-12(31-15-3-4-30-33(13)15)22(34)28-7-10-1-2-14-11(5-10)32-24(36)37-14/h1-6,16-21H,7,9H2,(H,28,34)(H,29,35)(H,32,36). The average molecular weight is 493 g/mol. The Kier molecular flexibility index (Phi) is 3.15. The fraction of sp³-hybridized carbons (Fsp3) is 0.385. The minimum absolute atomic E-state index is 0.00184. The summed E-state index contributed by atoms with van der Waals surface area (Å²) in [5.41, 5.74) is 2.74. The number of benzene rings is 1. The SMILES string of the molecule is N#CC12C3C4C1C1C2C3C41CNC(=O)c1cc(C(=O)NCc2ccc3oc(=O)[nH]c3c2)nc2ccnn12. The zero-order valence-corrected chi connectivity index (χ0v) is 19.3. The zero-order valence-electron chi connectivity index (χ0n) is 19.3. The van der Waals surface area contributed by atoms with Gasteiger partial charge in [0.1, 0.15) is 11.4 Å². The van der Waals surface area contributed by atoms with Crippen molar-refractivity contribution in [1.82, 2.24) is 30.2 Å². The number of rotatable bonds is 6. The van der Waals surface area contributed by atoms with Gasteiger partial charge in [-0.15, -0.1) is 0 Å². The highest BCUT2D eigenvalue weighted by molar-refractivity contribution is 5.98. The van der Waals surface area contributed by atoms with Gasteiger partial charge in [-0.05, 0) is 58.6 Å². The monoisotopic (exact) mass is 493 g/mol. The molecule has 0 unspecified atom stereocenters. The van der Waals surface area contributed by atoms with Crippen molar-refractivity contribution in [2.24, 2.45) is 46.3 Å². The molecule has 2 amide bonds. The van der Waals surface area contributed by atoms with Crippen LogP contribution < -0.4 is 16.4 Å². The highest BCUT2D eigenvalue weighted by atomic mass is 16.4. The maximum absolute atomic E-state index is 13.3. The Morgan fingerprint density at radius 2 is 1.86 bits per heavy atom. The van der Waals surface area contributed by atoms with Gasteiger partial charge in [0, 0.05) is 25.2 Å². The van der Waals surface area contributed by atoms with E-state index < -0.39 is 11.7 Å². The van der Waals surface area contributed by atoms with Crippen molar-refractivity contribution in [3.8, 4) is 6.07 Å². The summed E-state index contributed by atoms with van der Waals surface area (Å²) >= 11 is 0. The van der Waals surface area contributed by atoms with Crippen LogP contribution in [-0.4, -0.2) is 37.9 Å². The van der Waals surface area contributed by atoms with Gasteiger partial charge in [0.05, 0.1) is 23.2 Å². The quantitative estimate of drug-likeness (QED) is 0.363. The van der Waals surface area contributed by atoms with Gasteiger partial charge >= 0.3 is 5.76 Å². The summed E-state index contributed by atoms with van der Waals surface area (Å²) in [6, 6.07) is 10.9. The topological polar surface area (TPSA) is 158 Å². The van der Waals surface area contributed by atoms with Gasteiger partial charge in [-0.3, -0.25) is 14.6 Å². The minimum Gasteiger partial charge on any atom is -0.408 e. The smallest absolute Gasteiger partial charge is 0.408 e. The molecule has 0 saturated heterocycles. The molecule has 3 N–H and O–H groups in total. The molecule has 37 heavy (non-hydrogen) atoms. The summed E-state index contributed by atoms with van der Waals surface area (Å²) in [6.07, 6.45) is 1.54. The van der Waals surface area contributed by atoms with E-state index in [9.17, 15) is 19.6 Å². The second-order valence-electron chi connectivity index (χ2n) is 11.2. The molecule has 11 nitrogen and oxygen atoms in total. The molecule has 0 atom stereocenters. The highest BCUT2D eigenvalue weighted by Crippen LogP contribution is 3.09. The maximum Gasteiger partial charge on any atom is 0.417 e. The Labute approximate surface area is 207 Å². The summed E-state index contributed by atoms with van der Waals surface area (Å²) in [5, 5.41) is 19.7. The first-order chi connectivity index (χ1) is 18.0. The zero-order chi connectivity index (χ0) is 24.8. The van der Waals surface area contributed by atoms with Crippen LogP contribution in [0.25, 0.3) is 16.7 Å². The van der Waals surface area contributed by atoms with Gasteiger partial charge < -0.3 is 15.1 Å². The first-order valence-electron chi connectivity index (χ1n) is 12.4. The van der Waals surface area contributed by atoms with Crippen LogP contribution in [0.15, 0.2) is 45.7 Å². The molecule has 11 heteroatoms. The molecule has 1 aromatic carbocycles. The van der Waals surface area contributed by atoms with E-state index in [0.29, 0.717) is 58.8 Å². The van der Waals surface area contributed by atoms with Crippen LogP contribution in [-0.2, 0) is 6.54 Å². The molecule has 0 radical (unpaired) electrons. The number of aromatic nitrogens is 4. The second-order valence-corrected chi connectivity index (χ2v) is 11.2. The third-order valence-electron chi connectivity index (χ3n) is 10.3. The first kappa shape index (κ1) is 19.7. The maximum atomic E-state index is 13.3. The van der Waals surface area contributed by atoms with E-state index in [-0.39, 0.29) is 34.7 Å². The largest absolute Gasteiger partial charge is 0.417 e. The van der Waals surface area contributed by atoms with Crippen molar-refractivity contribution in [3.05, 3.63) is 64.0 Å². The number of H-pyrrole nitrogens is 1. The number of carbonyl (C=O) groups is 2. The van der Waals surface area contributed by atoms with Gasteiger partial charge in [0.25, 0.3) is 11.8 Å². The predicted molar refractivity (Wildman–Crippen MR) is 125 cm³/mol. The minimum atomic E-state index is -0.536. The molecule has 3 heterocycles. The van der Waals surface area contributed by atoms with Crippen molar-refractivity contribution in [3.63, 3.8) is 0 Å². The summed E-state index contributed by atoms with van der Waals surface area (Å²) < 4.78 is 6.45. The second kappa shape index (κ2) is 5.91. The number of amides is 2. The van der Waals surface area contributed by atoms with Crippen LogP contribution in [0.3, 0.4) is 0 Å². The van der Waals surface area contributed by atoms with E-state index in [0.717, 1.165) is 5.56 Å². The number of hydrogen-bond donors (Lipinski definition) is 3. The van der Waals surface area contributed by atoms with Gasteiger partial charge in [-0.1, -0.05) is 6.07 Å². The number of nitrogens with one attached hydrogen (secondary N) is 3. The Morgan fingerprint density at radius 1 is 1.08 bits per heavy atom. The van der Waals surface area contributed by atoms with E-state index >= 15 is 0 Å². The molecule has 3 aromatic heterocycles.